The molecule has 29 heavy (non-hydrogen) atoms. The Labute approximate surface area is 169 Å². The monoisotopic (exact) mass is 394 g/mol. The topological polar surface area (TPSA) is 88.4 Å². The van der Waals surface area contributed by atoms with Gasteiger partial charge < -0.3 is 14.3 Å². The van der Waals surface area contributed by atoms with Crippen LogP contribution in [-0.4, -0.2) is 15.3 Å². The highest BCUT2D eigenvalue weighted by Gasteiger charge is 2.36. The summed E-state index contributed by atoms with van der Waals surface area (Å²) >= 11 is 0. The number of benzene rings is 2. The third kappa shape index (κ3) is 3.33. The molecule has 0 saturated carbocycles. The van der Waals surface area contributed by atoms with Crippen LogP contribution in [0.15, 0.2) is 33.5 Å². The van der Waals surface area contributed by atoms with Gasteiger partial charge in [-0.25, -0.2) is 9.89 Å². The molecule has 6 heteroatoms. The first-order valence-corrected chi connectivity index (χ1v) is 10.1. The Balaban J connectivity index is 1.98. The maximum atomic E-state index is 11.6. The predicted molar refractivity (Wildman–Crippen MR) is 111 cm³/mol. The van der Waals surface area contributed by atoms with E-state index in [1.165, 1.54) is 0 Å². The summed E-state index contributed by atoms with van der Waals surface area (Å²) in [6, 6.07) is 8.09. The van der Waals surface area contributed by atoms with Crippen molar-refractivity contribution in [3.8, 4) is 34.1 Å². The van der Waals surface area contributed by atoms with Crippen LogP contribution in [-0.2, 0) is 12.0 Å². The molecule has 152 valence electrons. The van der Waals surface area contributed by atoms with Crippen molar-refractivity contribution in [1.29, 1.82) is 0 Å². The zero-order valence-electron chi connectivity index (χ0n) is 17.3. The van der Waals surface area contributed by atoms with Gasteiger partial charge in [0.05, 0.1) is 11.1 Å². The van der Waals surface area contributed by atoms with Crippen LogP contribution < -0.4 is 10.5 Å². The van der Waals surface area contributed by atoms with E-state index in [0.29, 0.717) is 16.9 Å². The van der Waals surface area contributed by atoms with Crippen LogP contribution >= 0.6 is 0 Å². The maximum absolute atomic E-state index is 11.6. The Morgan fingerprint density at radius 1 is 1.17 bits per heavy atom. The lowest BCUT2D eigenvalue weighted by molar-refractivity contribution is 0.105. The lowest BCUT2D eigenvalue weighted by atomic mass is 9.83. The molecule has 2 aromatic carbocycles. The summed E-state index contributed by atoms with van der Waals surface area (Å²) in [5.74, 6) is 0.122. The molecule has 2 heterocycles. The van der Waals surface area contributed by atoms with Crippen molar-refractivity contribution in [2.45, 2.75) is 59.0 Å². The van der Waals surface area contributed by atoms with Crippen molar-refractivity contribution in [3.63, 3.8) is 0 Å². The largest absolute Gasteiger partial charge is 0.506 e. The van der Waals surface area contributed by atoms with Gasteiger partial charge in [-0.2, -0.15) is 0 Å². The number of hydrogen-bond donors (Lipinski definition) is 2. The molecule has 4 rings (SSSR count). The second-order valence-electron chi connectivity index (χ2n) is 8.17. The van der Waals surface area contributed by atoms with Gasteiger partial charge in [0.15, 0.2) is 0 Å². The van der Waals surface area contributed by atoms with E-state index in [0.717, 1.165) is 47.9 Å². The lowest BCUT2D eigenvalue weighted by Crippen LogP contribution is -2.29. The first-order chi connectivity index (χ1) is 13.8. The van der Waals surface area contributed by atoms with Gasteiger partial charge >= 0.3 is 5.76 Å². The van der Waals surface area contributed by atoms with E-state index >= 15 is 0 Å². The average Bonchev–Trinajstić information content (AvgIpc) is 3.06. The van der Waals surface area contributed by atoms with E-state index in [4.69, 9.17) is 9.15 Å². The predicted octanol–water partition coefficient (Wildman–Crippen LogP) is 5.07. The maximum Gasteiger partial charge on any atom is 0.434 e. The number of aromatic amines is 1. The van der Waals surface area contributed by atoms with Gasteiger partial charge in [-0.3, -0.25) is 0 Å². The average molecular weight is 394 g/mol. The molecule has 0 saturated heterocycles. The number of nitrogens with zero attached hydrogens (tertiary/aromatic N) is 1. The van der Waals surface area contributed by atoms with E-state index in [9.17, 15) is 9.90 Å². The zero-order valence-corrected chi connectivity index (χ0v) is 17.3. The fourth-order valence-corrected chi connectivity index (χ4v) is 4.10. The van der Waals surface area contributed by atoms with Crippen molar-refractivity contribution in [2.24, 2.45) is 0 Å². The summed E-state index contributed by atoms with van der Waals surface area (Å²) in [7, 11) is 0. The number of ether oxygens (including phenoxy) is 1. The molecule has 1 aromatic heterocycles. The molecule has 1 aliphatic heterocycles. The normalized spacial score (nSPS) is 14.2. The molecule has 0 bridgehead atoms. The van der Waals surface area contributed by atoms with E-state index < -0.39 is 11.4 Å². The fourth-order valence-electron chi connectivity index (χ4n) is 4.10. The number of aryl methyl sites for hydroxylation is 2. The van der Waals surface area contributed by atoms with Crippen LogP contribution in [0.5, 0.6) is 11.5 Å². The summed E-state index contributed by atoms with van der Waals surface area (Å²) in [6.45, 7) is 8.21. The number of phenolic OH excluding ortho intramolecular Hbond substituents is 1. The molecular weight excluding hydrogens is 368 g/mol. The summed E-state index contributed by atoms with van der Waals surface area (Å²) in [4.78, 5) is 11.6. The quantitative estimate of drug-likeness (QED) is 0.590. The van der Waals surface area contributed by atoms with Crippen LogP contribution in [0.2, 0.25) is 0 Å². The van der Waals surface area contributed by atoms with Gasteiger partial charge in [0, 0.05) is 5.56 Å². The summed E-state index contributed by atoms with van der Waals surface area (Å²) in [5, 5.41) is 17.6. The minimum atomic E-state index is -0.648. The van der Waals surface area contributed by atoms with Gasteiger partial charge in [-0.1, -0.05) is 43.5 Å². The summed E-state index contributed by atoms with van der Waals surface area (Å²) < 4.78 is 11.5. The molecule has 0 unspecified atom stereocenters. The number of hydrogen-bond acceptors (Lipinski definition) is 5. The third-order valence-electron chi connectivity index (χ3n) is 5.51. The first kappa shape index (κ1) is 19.3. The molecule has 0 fully saturated rings. The van der Waals surface area contributed by atoms with Gasteiger partial charge in [-0.05, 0) is 50.8 Å². The molecule has 2 N–H and O–H groups in total. The molecule has 0 radical (unpaired) electrons. The Hall–Kier alpha value is -3.02. The highest BCUT2D eigenvalue weighted by Crippen LogP contribution is 2.53. The number of H-pyrrole nitrogens is 1. The fraction of sp³-hybridized carbons (Fsp3) is 0.391. The third-order valence-corrected chi connectivity index (χ3v) is 5.51. The Morgan fingerprint density at radius 2 is 1.97 bits per heavy atom. The van der Waals surface area contributed by atoms with Crippen molar-refractivity contribution >= 4 is 0 Å². The molecule has 3 aromatic rings. The number of nitrogens with one attached hydrogen (secondary N) is 1. The number of aromatic hydroxyl groups is 1. The number of phenols is 1. The first-order valence-electron chi connectivity index (χ1n) is 10.1. The Bertz CT molecular complexity index is 1120. The number of fused-ring (bicyclic) bond motifs is 3. The molecule has 6 nitrogen and oxygen atoms in total. The van der Waals surface area contributed by atoms with E-state index in [2.05, 4.69) is 23.2 Å². The Kier molecular flexibility index (Phi) is 4.73. The van der Waals surface area contributed by atoms with Crippen molar-refractivity contribution < 1.29 is 14.3 Å². The van der Waals surface area contributed by atoms with Crippen LogP contribution in [0.1, 0.15) is 56.7 Å². The molecular formula is C23H26N2O4. The van der Waals surface area contributed by atoms with Crippen LogP contribution in [0.4, 0.5) is 0 Å². The molecule has 0 atom stereocenters. The van der Waals surface area contributed by atoms with E-state index in [-0.39, 0.29) is 11.6 Å². The van der Waals surface area contributed by atoms with Crippen molar-refractivity contribution in [1.82, 2.24) is 10.2 Å². The minimum Gasteiger partial charge on any atom is -0.506 e. The second kappa shape index (κ2) is 7.10. The number of unbranched alkanes of at least 4 members (excludes halogenated alkanes) is 2. The van der Waals surface area contributed by atoms with Gasteiger partial charge in [0.2, 0.25) is 0 Å². The summed E-state index contributed by atoms with van der Waals surface area (Å²) in [6.07, 6.45) is 3.83. The smallest absolute Gasteiger partial charge is 0.434 e. The van der Waals surface area contributed by atoms with Crippen molar-refractivity contribution in [2.75, 3.05) is 0 Å². The second-order valence-corrected chi connectivity index (χ2v) is 8.17. The van der Waals surface area contributed by atoms with Gasteiger partial charge in [0.25, 0.3) is 5.89 Å². The molecule has 0 aliphatic carbocycles. The molecule has 1 aliphatic rings. The van der Waals surface area contributed by atoms with Gasteiger partial charge in [0.1, 0.15) is 17.1 Å². The van der Waals surface area contributed by atoms with Crippen molar-refractivity contribution in [3.05, 3.63) is 51.5 Å². The highest BCUT2D eigenvalue weighted by molar-refractivity contribution is 5.89. The van der Waals surface area contributed by atoms with E-state index in [1.54, 1.807) is 0 Å². The zero-order chi connectivity index (χ0) is 20.8. The minimum absolute atomic E-state index is 0.0339. The van der Waals surface area contributed by atoms with Gasteiger partial charge in [-0.15, -0.1) is 5.10 Å². The number of rotatable bonds is 5. The number of aromatic nitrogens is 2. The SMILES string of the molecule is CCCCCc1cc2c(c(O)c1-c1n[nH]c(=O)o1)-c1cc(C)ccc1C(C)(C)O2. The Morgan fingerprint density at radius 3 is 2.66 bits per heavy atom. The van der Waals surface area contributed by atoms with Crippen LogP contribution in [0, 0.1) is 6.92 Å². The molecule has 0 amide bonds. The summed E-state index contributed by atoms with van der Waals surface area (Å²) in [5.41, 5.74) is 4.41. The highest BCUT2D eigenvalue weighted by atomic mass is 16.5. The lowest BCUT2D eigenvalue weighted by Gasteiger charge is -2.36. The van der Waals surface area contributed by atoms with Crippen LogP contribution in [0.3, 0.4) is 0 Å². The van der Waals surface area contributed by atoms with E-state index in [1.807, 2.05) is 39.0 Å². The standard InChI is InChI=1S/C23H26N2O4/c1-5-6-7-8-14-12-17-19(20(26)18(14)21-24-25-22(27)28-21)15-11-13(2)9-10-16(15)23(3,4)29-17/h9-12,26H,5-8H2,1-4H3,(H,25,27). The van der Waals surface area contributed by atoms with Crippen LogP contribution in [0.25, 0.3) is 22.6 Å². The molecule has 0 spiro atoms.